The van der Waals surface area contributed by atoms with E-state index in [1.165, 1.54) is 7.11 Å². The molecule has 66 valence electrons. The molecule has 0 aromatic heterocycles. The third-order valence-corrected chi connectivity index (χ3v) is 2.02. The van der Waals surface area contributed by atoms with Crippen LogP contribution in [0, 0.1) is 0 Å². The predicted molar refractivity (Wildman–Crippen MR) is 38.2 cm³/mol. The number of hydrogen-bond donors (Lipinski definition) is 2. The molecule has 4 heteroatoms. The maximum atomic E-state index is 9.41. The highest BCUT2D eigenvalue weighted by Gasteiger charge is 2.40. The number of ether oxygens (including phenoxy) is 2. The highest BCUT2D eigenvalue weighted by molar-refractivity contribution is 4.88. The zero-order valence-electron chi connectivity index (χ0n) is 6.73. The minimum Gasteiger partial charge on any atom is -0.394 e. The molecule has 4 atom stereocenters. The van der Waals surface area contributed by atoms with Gasteiger partial charge in [0.25, 0.3) is 0 Å². The highest BCUT2D eigenvalue weighted by Crippen LogP contribution is 2.22. The molecule has 0 radical (unpaired) electrons. The molecule has 1 fully saturated rings. The molecule has 2 N–H and O–H groups in total. The van der Waals surface area contributed by atoms with Gasteiger partial charge in [-0.3, -0.25) is 0 Å². The summed E-state index contributed by atoms with van der Waals surface area (Å²) in [6, 6.07) is 0. The molecule has 1 aliphatic rings. The molecule has 0 aromatic rings. The van der Waals surface area contributed by atoms with Crippen molar-refractivity contribution in [3.63, 3.8) is 0 Å². The summed E-state index contributed by atoms with van der Waals surface area (Å²) in [4.78, 5) is 0. The van der Waals surface area contributed by atoms with Gasteiger partial charge in [0.2, 0.25) is 0 Å². The Bertz CT molecular complexity index is 128. The Morgan fingerprint density at radius 2 is 2.18 bits per heavy atom. The fraction of sp³-hybridized carbons (Fsp3) is 1.00. The fourth-order valence-electron chi connectivity index (χ4n) is 1.40. The second-order valence-corrected chi connectivity index (χ2v) is 2.75. The minimum atomic E-state index is -0.708. The third-order valence-electron chi connectivity index (χ3n) is 2.02. The van der Waals surface area contributed by atoms with Crippen LogP contribution < -0.4 is 0 Å². The Morgan fingerprint density at radius 3 is 2.45 bits per heavy atom. The topological polar surface area (TPSA) is 58.9 Å². The van der Waals surface area contributed by atoms with Crippen molar-refractivity contribution in [3.05, 3.63) is 0 Å². The maximum absolute atomic E-state index is 9.41. The smallest absolute Gasteiger partial charge is 0.111 e. The van der Waals surface area contributed by atoms with Gasteiger partial charge in [-0.1, -0.05) is 0 Å². The van der Waals surface area contributed by atoms with E-state index >= 15 is 0 Å². The van der Waals surface area contributed by atoms with Crippen molar-refractivity contribution in [1.29, 1.82) is 0 Å². The van der Waals surface area contributed by atoms with E-state index < -0.39 is 12.2 Å². The monoisotopic (exact) mass is 162 g/mol. The first kappa shape index (κ1) is 8.93. The van der Waals surface area contributed by atoms with E-state index in [1.54, 1.807) is 0 Å². The van der Waals surface area contributed by atoms with Crippen LogP contribution in [-0.2, 0) is 9.47 Å². The van der Waals surface area contributed by atoms with Gasteiger partial charge in [0.15, 0.2) is 0 Å². The average molecular weight is 162 g/mol. The van der Waals surface area contributed by atoms with Crippen molar-refractivity contribution in [2.24, 2.45) is 0 Å². The summed E-state index contributed by atoms with van der Waals surface area (Å²) in [7, 11) is 1.52. The van der Waals surface area contributed by atoms with Crippen LogP contribution in [0.3, 0.4) is 0 Å². The van der Waals surface area contributed by atoms with Gasteiger partial charge >= 0.3 is 0 Å². The van der Waals surface area contributed by atoms with E-state index in [1.807, 2.05) is 6.92 Å². The van der Waals surface area contributed by atoms with Crippen molar-refractivity contribution in [2.45, 2.75) is 31.3 Å². The summed E-state index contributed by atoms with van der Waals surface area (Å²) < 4.78 is 10.2. The number of rotatable bonds is 2. The van der Waals surface area contributed by atoms with E-state index in [0.717, 1.165) is 0 Å². The van der Waals surface area contributed by atoms with Crippen LogP contribution in [-0.4, -0.2) is 48.3 Å². The second kappa shape index (κ2) is 3.49. The summed E-state index contributed by atoms with van der Waals surface area (Å²) in [6.45, 7) is 1.65. The predicted octanol–water partition coefficient (Wildman–Crippen LogP) is -0.858. The zero-order valence-corrected chi connectivity index (χ0v) is 6.73. The standard InChI is InChI=1S/C7H14O4/c1-4-7(10-2)6(9)5(3-8)11-4/h4-9H,3H2,1-2H3. The molecule has 4 nitrogen and oxygen atoms in total. The molecule has 1 heterocycles. The lowest BCUT2D eigenvalue weighted by Crippen LogP contribution is -2.34. The van der Waals surface area contributed by atoms with Gasteiger partial charge in [-0.25, -0.2) is 0 Å². The van der Waals surface area contributed by atoms with Crippen molar-refractivity contribution < 1.29 is 19.7 Å². The molecule has 1 aliphatic heterocycles. The summed E-state index contributed by atoms with van der Waals surface area (Å²) in [5.41, 5.74) is 0. The molecular formula is C7H14O4. The van der Waals surface area contributed by atoms with Gasteiger partial charge in [0.1, 0.15) is 18.3 Å². The molecule has 11 heavy (non-hydrogen) atoms. The molecule has 0 bridgehead atoms. The Labute approximate surface area is 65.7 Å². The number of aliphatic hydroxyl groups is 2. The van der Waals surface area contributed by atoms with Crippen molar-refractivity contribution in [2.75, 3.05) is 13.7 Å². The largest absolute Gasteiger partial charge is 0.394 e. The third kappa shape index (κ3) is 1.54. The van der Waals surface area contributed by atoms with E-state index in [0.29, 0.717) is 0 Å². The molecule has 0 saturated carbocycles. The molecule has 0 spiro atoms. The van der Waals surface area contributed by atoms with Crippen molar-refractivity contribution in [3.8, 4) is 0 Å². The fourth-order valence-corrected chi connectivity index (χ4v) is 1.40. The van der Waals surface area contributed by atoms with E-state index in [4.69, 9.17) is 14.6 Å². The molecular weight excluding hydrogens is 148 g/mol. The van der Waals surface area contributed by atoms with Crippen molar-refractivity contribution in [1.82, 2.24) is 0 Å². The summed E-state index contributed by atoms with van der Waals surface area (Å²) in [5, 5.41) is 18.1. The first-order valence-electron chi connectivity index (χ1n) is 3.68. The quantitative estimate of drug-likeness (QED) is 0.555. The normalized spacial score (nSPS) is 44.7. The summed E-state index contributed by atoms with van der Waals surface area (Å²) >= 11 is 0. The van der Waals surface area contributed by atoms with Crippen LogP contribution in [0.1, 0.15) is 6.92 Å². The summed E-state index contributed by atoms with van der Waals surface area (Å²) in [6.07, 6.45) is -1.66. The van der Waals surface area contributed by atoms with Gasteiger partial charge in [-0.05, 0) is 6.92 Å². The summed E-state index contributed by atoms with van der Waals surface area (Å²) in [5.74, 6) is 0. The van der Waals surface area contributed by atoms with Gasteiger partial charge in [-0.2, -0.15) is 0 Å². The zero-order chi connectivity index (χ0) is 8.43. The Hall–Kier alpha value is -0.160. The molecule has 1 saturated heterocycles. The Kier molecular flexibility index (Phi) is 2.84. The van der Waals surface area contributed by atoms with E-state index in [-0.39, 0.29) is 18.8 Å². The lowest BCUT2D eigenvalue weighted by Gasteiger charge is -2.14. The molecule has 1 rings (SSSR count). The highest BCUT2D eigenvalue weighted by atomic mass is 16.6. The average Bonchev–Trinajstić information content (AvgIpc) is 2.26. The van der Waals surface area contributed by atoms with Gasteiger partial charge in [0, 0.05) is 7.11 Å². The van der Waals surface area contributed by atoms with Gasteiger partial charge < -0.3 is 19.7 Å². The number of hydrogen-bond acceptors (Lipinski definition) is 4. The first-order valence-corrected chi connectivity index (χ1v) is 3.68. The van der Waals surface area contributed by atoms with Crippen LogP contribution in [0.5, 0.6) is 0 Å². The SMILES string of the molecule is COC1C(C)OC(CO)C1O. The van der Waals surface area contributed by atoms with E-state index in [9.17, 15) is 5.11 Å². The van der Waals surface area contributed by atoms with Crippen LogP contribution in [0.15, 0.2) is 0 Å². The lowest BCUT2D eigenvalue weighted by molar-refractivity contribution is -0.0175. The van der Waals surface area contributed by atoms with Crippen LogP contribution >= 0.6 is 0 Å². The minimum absolute atomic E-state index is 0.146. The Balaban J connectivity index is 2.55. The molecule has 0 aromatic carbocycles. The molecule has 4 unspecified atom stereocenters. The van der Waals surface area contributed by atoms with Crippen LogP contribution in [0.25, 0.3) is 0 Å². The van der Waals surface area contributed by atoms with Crippen LogP contribution in [0.2, 0.25) is 0 Å². The molecule has 0 aliphatic carbocycles. The van der Waals surface area contributed by atoms with Crippen molar-refractivity contribution >= 4 is 0 Å². The Morgan fingerprint density at radius 1 is 1.55 bits per heavy atom. The molecule has 0 amide bonds. The van der Waals surface area contributed by atoms with Gasteiger partial charge in [0.05, 0.1) is 12.7 Å². The number of methoxy groups -OCH3 is 1. The number of aliphatic hydroxyl groups excluding tert-OH is 2. The maximum Gasteiger partial charge on any atom is 0.111 e. The second-order valence-electron chi connectivity index (χ2n) is 2.75. The lowest BCUT2D eigenvalue weighted by atomic mass is 10.1. The first-order chi connectivity index (χ1) is 5.20. The van der Waals surface area contributed by atoms with E-state index in [2.05, 4.69) is 0 Å². The van der Waals surface area contributed by atoms with Gasteiger partial charge in [-0.15, -0.1) is 0 Å². The van der Waals surface area contributed by atoms with Crippen LogP contribution in [0.4, 0.5) is 0 Å².